The van der Waals surface area contributed by atoms with Crippen molar-refractivity contribution in [1.29, 1.82) is 0 Å². The quantitative estimate of drug-likeness (QED) is 0.814. The van der Waals surface area contributed by atoms with Crippen molar-refractivity contribution in [2.45, 2.75) is 33.2 Å². The lowest BCUT2D eigenvalue weighted by Gasteiger charge is -2.30. The van der Waals surface area contributed by atoms with Gasteiger partial charge >= 0.3 is 0 Å². The Balaban J connectivity index is 2.71. The van der Waals surface area contributed by atoms with E-state index in [9.17, 15) is 0 Å². The maximum atomic E-state index is 3.43. The molecule has 0 heterocycles. The van der Waals surface area contributed by atoms with Gasteiger partial charge in [-0.15, -0.1) is 0 Å². The zero-order valence-electron chi connectivity index (χ0n) is 11.8. The lowest BCUT2D eigenvalue weighted by molar-refractivity contribution is 0.391. The summed E-state index contributed by atoms with van der Waals surface area (Å²) in [6.07, 6.45) is 1.22. The molecule has 0 fully saturated rings. The van der Waals surface area contributed by atoms with Gasteiger partial charge in [0, 0.05) is 25.3 Å². The zero-order valence-corrected chi connectivity index (χ0v) is 11.8. The van der Waals surface area contributed by atoms with E-state index in [1.807, 2.05) is 0 Å². The summed E-state index contributed by atoms with van der Waals surface area (Å²) >= 11 is 0. The van der Waals surface area contributed by atoms with Crippen LogP contribution in [0.4, 0.5) is 5.69 Å². The van der Waals surface area contributed by atoms with Crippen molar-refractivity contribution in [2.75, 3.05) is 25.5 Å². The molecule has 1 N–H and O–H groups in total. The van der Waals surface area contributed by atoms with E-state index in [2.05, 4.69) is 69.3 Å². The smallest absolute Gasteiger partial charge is 0.0393 e. The van der Waals surface area contributed by atoms with Crippen LogP contribution in [-0.2, 0) is 0 Å². The number of benzene rings is 1. The highest BCUT2D eigenvalue weighted by Crippen LogP contribution is 2.19. The van der Waals surface area contributed by atoms with Gasteiger partial charge < -0.3 is 10.2 Å². The standard InChI is InChI=1S/C15H26N2/c1-6-12(2)14(16-4)11-17(5)15-10-8-7-9-13(15)3/h7-10,12,14,16H,6,11H2,1-5H3. The third-order valence-corrected chi connectivity index (χ3v) is 3.70. The Morgan fingerprint density at radius 2 is 1.94 bits per heavy atom. The van der Waals surface area contributed by atoms with Crippen molar-refractivity contribution in [3.05, 3.63) is 29.8 Å². The lowest BCUT2D eigenvalue weighted by Crippen LogP contribution is -2.42. The number of hydrogen-bond acceptors (Lipinski definition) is 2. The first kappa shape index (κ1) is 14.0. The summed E-state index contributed by atoms with van der Waals surface area (Å²) in [5.74, 6) is 0.700. The highest BCUT2D eigenvalue weighted by atomic mass is 15.1. The van der Waals surface area contributed by atoms with Crippen molar-refractivity contribution in [3.8, 4) is 0 Å². The van der Waals surface area contributed by atoms with E-state index < -0.39 is 0 Å². The molecule has 0 amide bonds. The minimum absolute atomic E-state index is 0.546. The van der Waals surface area contributed by atoms with Crippen LogP contribution in [0.2, 0.25) is 0 Å². The molecule has 0 aliphatic heterocycles. The van der Waals surface area contributed by atoms with Gasteiger partial charge in [-0.25, -0.2) is 0 Å². The number of nitrogens with zero attached hydrogens (tertiary/aromatic N) is 1. The van der Waals surface area contributed by atoms with E-state index in [0.717, 1.165) is 6.54 Å². The van der Waals surface area contributed by atoms with E-state index in [4.69, 9.17) is 0 Å². The topological polar surface area (TPSA) is 15.3 Å². The van der Waals surface area contributed by atoms with Gasteiger partial charge in [0.25, 0.3) is 0 Å². The highest BCUT2D eigenvalue weighted by molar-refractivity contribution is 5.52. The maximum absolute atomic E-state index is 3.43. The Labute approximate surface area is 106 Å². The molecule has 1 rings (SSSR count). The van der Waals surface area contributed by atoms with Gasteiger partial charge in [-0.3, -0.25) is 0 Å². The van der Waals surface area contributed by atoms with Crippen LogP contribution in [0.1, 0.15) is 25.8 Å². The maximum Gasteiger partial charge on any atom is 0.0393 e. The fraction of sp³-hybridized carbons (Fsp3) is 0.600. The summed E-state index contributed by atoms with van der Waals surface area (Å²) < 4.78 is 0. The molecular weight excluding hydrogens is 208 g/mol. The molecule has 0 bridgehead atoms. The van der Waals surface area contributed by atoms with Crippen LogP contribution in [0.5, 0.6) is 0 Å². The van der Waals surface area contributed by atoms with Crippen molar-refractivity contribution < 1.29 is 0 Å². The molecule has 0 radical (unpaired) electrons. The average molecular weight is 234 g/mol. The Kier molecular flexibility index (Phi) is 5.49. The minimum atomic E-state index is 0.546. The van der Waals surface area contributed by atoms with Crippen LogP contribution in [0.25, 0.3) is 0 Å². The molecule has 0 aromatic heterocycles. The largest absolute Gasteiger partial charge is 0.373 e. The summed E-state index contributed by atoms with van der Waals surface area (Å²) in [7, 11) is 4.23. The molecule has 2 unspecified atom stereocenters. The molecule has 1 aromatic rings. The highest BCUT2D eigenvalue weighted by Gasteiger charge is 2.16. The number of hydrogen-bond donors (Lipinski definition) is 1. The second-order valence-electron chi connectivity index (χ2n) is 4.95. The molecule has 1 aromatic carbocycles. The molecule has 0 aliphatic rings. The van der Waals surface area contributed by atoms with Gasteiger partial charge in [0.05, 0.1) is 0 Å². The number of nitrogens with one attached hydrogen (secondary N) is 1. The van der Waals surface area contributed by atoms with Gasteiger partial charge in [-0.2, -0.15) is 0 Å². The molecule has 0 saturated carbocycles. The van der Waals surface area contributed by atoms with Gasteiger partial charge in [-0.1, -0.05) is 38.5 Å². The molecular formula is C15H26N2. The SMILES string of the molecule is CCC(C)C(CN(C)c1ccccc1C)NC. The summed E-state index contributed by atoms with van der Waals surface area (Å²) in [5, 5.41) is 3.43. The fourth-order valence-electron chi connectivity index (χ4n) is 2.23. The van der Waals surface area contributed by atoms with Crippen molar-refractivity contribution in [3.63, 3.8) is 0 Å². The number of aryl methyl sites for hydroxylation is 1. The summed E-state index contributed by atoms with van der Waals surface area (Å²) in [6.45, 7) is 7.79. The van der Waals surface area contributed by atoms with Gasteiger partial charge in [0.15, 0.2) is 0 Å². The van der Waals surface area contributed by atoms with Crippen LogP contribution in [0.3, 0.4) is 0 Å². The van der Waals surface area contributed by atoms with Crippen LogP contribution < -0.4 is 10.2 Å². The van der Waals surface area contributed by atoms with Crippen molar-refractivity contribution in [2.24, 2.45) is 5.92 Å². The zero-order chi connectivity index (χ0) is 12.8. The third kappa shape index (κ3) is 3.74. The predicted molar refractivity (Wildman–Crippen MR) is 76.8 cm³/mol. The van der Waals surface area contributed by atoms with E-state index >= 15 is 0 Å². The molecule has 0 aliphatic carbocycles. The monoisotopic (exact) mass is 234 g/mol. The second kappa shape index (κ2) is 6.65. The summed E-state index contributed by atoms with van der Waals surface area (Å²) in [5.41, 5.74) is 2.67. The Bertz CT molecular complexity index is 335. The second-order valence-corrected chi connectivity index (χ2v) is 4.95. The van der Waals surface area contributed by atoms with E-state index in [-0.39, 0.29) is 0 Å². The first-order valence-electron chi connectivity index (χ1n) is 6.54. The average Bonchev–Trinajstić information content (AvgIpc) is 2.35. The van der Waals surface area contributed by atoms with Crippen LogP contribution in [0.15, 0.2) is 24.3 Å². The van der Waals surface area contributed by atoms with Gasteiger partial charge in [0.2, 0.25) is 0 Å². The van der Waals surface area contributed by atoms with E-state index in [1.54, 1.807) is 0 Å². The Morgan fingerprint density at radius 3 is 2.47 bits per heavy atom. The first-order valence-corrected chi connectivity index (χ1v) is 6.54. The minimum Gasteiger partial charge on any atom is -0.373 e. The fourth-order valence-corrected chi connectivity index (χ4v) is 2.23. The summed E-state index contributed by atoms with van der Waals surface area (Å²) in [4.78, 5) is 2.35. The molecule has 17 heavy (non-hydrogen) atoms. The number of anilines is 1. The molecule has 2 atom stereocenters. The molecule has 2 nitrogen and oxygen atoms in total. The van der Waals surface area contributed by atoms with Crippen LogP contribution in [-0.4, -0.2) is 26.7 Å². The lowest BCUT2D eigenvalue weighted by atomic mass is 9.98. The summed E-state index contributed by atoms with van der Waals surface area (Å²) in [6, 6.07) is 9.11. The van der Waals surface area contributed by atoms with E-state index in [0.29, 0.717) is 12.0 Å². The third-order valence-electron chi connectivity index (χ3n) is 3.70. The predicted octanol–water partition coefficient (Wildman–Crippen LogP) is 3.07. The normalized spacial score (nSPS) is 14.4. The Morgan fingerprint density at radius 1 is 1.29 bits per heavy atom. The number of likely N-dealkylation sites (N-methyl/N-ethyl adjacent to an activating group) is 2. The van der Waals surface area contributed by atoms with E-state index in [1.165, 1.54) is 17.7 Å². The number of para-hydroxylation sites is 1. The van der Waals surface area contributed by atoms with Crippen molar-refractivity contribution in [1.82, 2.24) is 5.32 Å². The van der Waals surface area contributed by atoms with Crippen LogP contribution in [0, 0.1) is 12.8 Å². The van der Waals surface area contributed by atoms with Gasteiger partial charge in [0.1, 0.15) is 0 Å². The first-order chi connectivity index (χ1) is 8.10. The molecule has 0 spiro atoms. The van der Waals surface area contributed by atoms with Crippen molar-refractivity contribution >= 4 is 5.69 Å². The molecule has 0 saturated heterocycles. The molecule has 96 valence electrons. The Hall–Kier alpha value is -1.02. The van der Waals surface area contributed by atoms with Crippen LogP contribution >= 0.6 is 0 Å². The molecule has 2 heteroatoms. The van der Waals surface area contributed by atoms with Gasteiger partial charge in [-0.05, 0) is 31.5 Å². The number of rotatable bonds is 6.